The fourth-order valence-electron chi connectivity index (χ4n) is 6.82. The fraction of sp³-hybridized carbons (Fsp3) is 0.533. The highest BCUT2D eigenvalue weighted by atomic mass is 79.9. The van der Waals surface area contributed by atoms with E-state index in [-0.39, 0.29) is 54.0 Å². The number of piperidine rings is 2. The van der Waals surface area contributed by atoms with Crippen LogP contribution in [0.5, 0.6) is 23.3 Å². The van der Waals surface area contributed by atoms with E-state index in [1.165, 1.54) is 24.7 Å². The number of aryl methyl sites for hydroxylation is 2. The number of likely N-dealkylation sites (tertiary alicyclic amines) is 2. The summed E-state index contributed by atoms with van der Waals surface area (Å²) in [4.78, 5) is 68.3. The van der Waals surface area contributed by atoms with Gasteiger partial charge < -0.3 is 48.3 Å². The molecule has 0 spiro atoms. The molecule has 0 atom stereocenters. The van der Waals surface area contributed by atoms with Crippen LogP contribution in [0.25, 0.3) is 0 Å². The number of rotatable bonds is 12. The van der Waals surface area contributed by atoms with Gasteiger partial charge in [0.25, 0.3) is 11.8 Å². The number of pyridine rings is 2. The Morgan fingerprint density at radius 3 is 1.64 bits per heavy atom. The van der Waals surface area contributed by atoms with E-state index in [0.29, 0.717) is 85.3 Å². The molecule has 67 heavy (non-hydrogen) atoms. The van der Waals surface area contributed by atoms with Crippen molar-refractivity contribution in [2.75, 3.05) is 50.6 Å². The smallest absolute Gasteiger partial charge is 0.420 e. The van der Waals surface area contributed by atoms with Crippen molar-refractivity contribution in [3.63, 3.8) is 0 Å². The lowest BCUT2D eigenvalue weighted by molar-refractivity contribution is 0.0490. The third-order valence-corrected chi connectivity index (χ3v) is 10.8. The first-order valence-electron chi connectivity index (χ1n) is 21.9. The molecule has 4 aromatic heterocycles. The standard InChI is InChI=1S/C25H34BrN5O6.C20H26BrN5O4/c1-15(2)35-23(32)30-12-10-17(11-13-30)36-22-20(34-7)21(27-14-28-22)31(24(33)37-25(4,5)6)18-8-9-19(26)29-16(18)3;1-12(2)29-20(27)26-9-7-14(8-10-26)30-19-17(28-4)18(22-11-23-19)25-15-5-6-16(21)24-13(15)3/h8-9,14-15,17H,10-13H2,1-7H3;5-6,11-12,14H,7-10H2,1-4H3,(H,22,23,25). The van der Waals surface area contributed by atoms with Gasteiger partial charge in [-0.1, -0.05) is 0 Å². The molecule has 0 radical (unpaired) electrons. The van der Waals surface area contributed by atoms with Crippen molar-refractivity contribution in [3.8, 4) is 23.3 Å². The van der Waals surface area contributed by atoms with Crippen molar-refractivity contribution in [2.45, 2.75) is 118 Å². The SMILES string of the molecule is COc1c(Nc2ccc(Br)nc2C)ncnc1OC1CCN(C(=O)OC(C)C)CC1.COc1c(OC2CCN(C(=O)OC(C)C)CC2)ncnc1N(C(=O)OC(C)(C)C)c1ccc(Br)nc1C. The van der Waals surface area contributed by atoms with Crippen LogP contribution < -0.4 is 29.2 Å². The van der Waals surface area contributed by atoms with Crippen LogP contribution in [0.1, 0.15) is 85.5 Å². The van der Waals surface area contributed by atoms with E-state index in [2.05, 4.69) is 67.1 Å². The summed E-state index contributed by atoms with van der Waals surface area (Å²) in [5.74, 6) is 1.80. The average Bonchev–Trinajstić information content (AvgIpc) is 3.25. The first-order valence-corrected chi connectivity index (χ1v) is 23.4. The first kappa shape index (κ1) is 52.2. The molecule has 2 aliphatic rings. The van der Waals surface area contributed by atoms with Gasteiger partial charge in [-0.15, -0.1) is 0 Å². The molecule has 6 heterocycles. The second-order valence-corrected chi connectivity index (χ2v) is 18.6. The molecule has 2 aliphatic heterocycles. The maximum absolute atomic E-state index is 13.4. The Morgan fingerprint density at radius 1 is 0.701 bits per heavy atom. The second-order valence-electron chi connectivity index (χ2n) is 17.0. The largest absolute Gasteiger partial charge is 0.489 e. The van der Waals surface area contributed by atoms with Crippen LogP contribution in [0.2, 0.25) is 0 Å². The highest BCUT2D eigenvalue weighted by molar-refractivity contribution is 9.10. The Labute approximate surface area is 408 Å². The number of carbonyl (C=O) groups excluding carboxylic acids is 3. The van der Waals surface area contributed by atoms with Gasteiger partial charge in [-0.3, -0.25) is 0 Å². The molecule has 20 nitrogen and oxygen atoms in total. The van der Waals surface area contributed by atoms with Crippen molar-refractivity contribution >= 4 is 73.2 Å². The molecule has 0 aliphatic carbocycles. The lowest BCUT2D eigenvalue weighted by Gasteiger charge is -2.32. The molecule has 0 aromatic carbocycles. The lowest BCUT2D eigenvalue weighted by Crippen LogP contribution is -2.42. The Balaban J connectivity index is 0.000000256. The van der Waals surface area contributed by atoms with Gasteiger partial charge in [-0.2, -0.15) is 9.97 Å². The van der Waals surface area contributed by atoms with E-state index in [9.17, 15) is 14.4 Å². The van der Waals surface area contributed by atoms with Crippen LogP contribution in [0.3, 0.4) is 0 Å². The molecule has 2 fully saturated rings. The summed E-state index contributed by atoms with van der Waals surface area (Å²) < 4.78 is 41.1. The lowest BCUT2D eigenvalue weighted by atomic mass is 10.1. The minimum absolute atomic E-state index is 0.0826. The van der Waals surface area contributed by atoms with Gasteiger partial charge in [-0.25, -0.2) is 39.2 Å². The van der Waals surface area contributed by atoms with Gasteiger partial charge in [-0.05, 0) is 118 Å². The van der Waals surface area contributed by atoms with Crippen molar-refractivity contribution < 1.29 is 47.5 Å². The molecule has 2 saturated heterocycles. The molecule has 4 aromatic rings. The zero-order valence-corrected chi connectivity index (χ0v) is 43.0. The van der Waals surface area contributed by atoms with Gasteiger partial charge in [0.05, 0.1) is 49.2 Å². The number of nitrogens with one attached hydrogen (secondary N) is 1. The van der Waals surface area contributed by atoms with Gasteiger partial charge in [0.1, 0.15) is 39.7 Å². The van der Waals surface area contributed by atoms with Gasteiger partial charge in [0, 0.05) is 51.9 Å². The van der Waals surface area contributed by atoms with Crippen molar-refractivity contribution in [2.24, 2.45) is 0 Å². The minimum atomic E-state index is -0.754. The monoisotopic (exact) mass is 1060 g/mol. The zero-order valence-electron chi connectivity index (χ0n) is 39.8. The number of amides is 3. The predicted octanol–water partition coefficient (Wildman–Crippen LogP) is 9.50. The number of nitrogens with zero attached hydrogens (tertiary/aromatic N) is 9. The molecule has 3 amide bonds. The summed E-state index contributed by atoms with van der Waals surface area (Å²) in [6.07, 6.45) is 3.38. The van der Waals surface area contributed by atoms with E-state index >= 15 is 0 Å². The van der Waals surface area contributed by atoms with Crippen molar-refractivity contribution in [1.29, 1.82) is 0 Å². The summed E-state index contributed by atoms with van der Waals surface area (Å²) in [5, 5.41) is 3.23. The fourth-order valence-corrected chi connectivity index (χ4v) is 7.62. The summed E-state index contributed by atoms with van der Waals surface area (Å²) in [6, 6.07) is 7.21. The zero-order chi connectivity index (χ0) is 49.0. The molecule has 0 unspecified atom stereocenters. The Hall–Kier alpha value is -5.77. The summed E-state index contributed by atoms with van der Waals surface area (Å²) in [5.41, 5.74) is 1.91. The van der Waals surface area contributed by atoms with E-state index in [0.717, 1.165) is 16.0 Å². The molecule has 364 valence electrons. The number of hydrogen-bond acceptors (Lipinski definition) is 17. The second kappa shape index (κ2) is 23.8. The third kappa shape index (κ3) is 14.9. The Bertz CT molecular complexity index is 2320. The van der Waals surface area contributed by atoms with Crippen LogP contribution in [-0.2, 0) is 14.2 Å². The molecule has 1 N–H and O–H groups in total. The van der Waals surface area contributed by atoms with Gasteiger partial charge in [0.15, 0.2) is 11.6 Å². The predicted molar refractivity (Wildman–Crippen MR) is 256 cm³/mol. The summed E-state index contributed by atoms with van der Waals surface area (Å²) in [6.45, 7) is 18.5. The van der Waals surface area contributed by atoms with Crippen LogP contribution in [0, 0.1) is 13.8 Å². The van der Waals surface area contributed by atoms with E-state index in [4.69, 9.17) is 33.2 Å². The van der Waals surface area contributed by atoms with Crippen LogP contribution in [-0.4, -0.2) is 128 Å². The first-order chi connectivity index (χ1) is 31.8. The van der Waals surface area contributed by atoms with E-state index in [1.807, 2.05) is 46.8 Å². The van der Waals surface area contributed by atoms with E-state index < -0.39 is 11.7 Å². The molecule has 6 rings (SSSR count). The highest BCUT2D eigenvalue weighted by Gasteiger charge is 2.34. The molecular formula is C45H60Br2N10O10. The van der Waals surface area contributed by atoms with E-state index in [1.54, 1.807) is 56.7 Å². The van der Waals surface area contributed by atoms with Crippen LogP contribution >= 0.6 is 31.9 Å². The quantitative estimate of drug-likeness (QED) is 0.103. The average molecular weight is 1060 g/mol. The minimum Gasteiger partial charge on any atom is -0.489 e. The molecule has 0 bridgehead atoms. The highest BCUT2D eigenvalue weighted by Crippen LogP contribution is 2.40. The molecule has 0 saturated carbocycles. The maximum Gasteiger partial charge on any atom is 0.420 e. The normalized spacial score (nSPS) is 14.4. The van der Waals surface area contributed by atoms with Crippen LogP contribution in [0.4, 0.5) is 37.4 Å². The maximum atomic E-state index is 13.4. The number of carbonyl (C=O) groups is 3. The molecule has 22 heteroatoms. The Morgan fingerprint density at radius 2 is 1.18 bits per heavy atom. The number of hydrogen-bond donors (Lipinski definition) is 1. The third-order valence-electron chi connectivity index (χ3n) is 9.92. The van der Waals surface area contributed by atoms with Crippen LogP contribution in [0.15, 0.2) is 46.1 Å². The molecular weight excluding hydrogens is 1000 g/mol. The Kier molecular flexibility index (Phi) is 18.5. The van der Waals surface area contributed by atoms with Gasteiger partial charge in [0.2, 0.25) is 11.5 Å². The number of anilines is 4. The number of aromatic nitrogens is 6. The number of ether oxygens (including phenoxy) is 7. The number of methoxy groups -OCH3 is 2. The number of halogens is 2. The summed E-state index contributed by atoms with van der Waals surface area (Å²) >= 11 is 6.72. The van der Waals surface area contributed by atoms with Crippen molar-refractivity contribution in [3.05, 3.63) is 57.5 Å². The van der Waals surface area contributed by atoms with Gasteiger partial charge >= 0.3 is 18.3 Å². The summed E-state index contributed by atoms with van der Waals surface area (Å²) in [7, 11) is 3.01. The van der Waals surface area contributed by atoms with Crippen molar-refractivity contribution in [1.82, 2.24) is 39.7 Å². The topological polar surface area (TPSA) is 215 Å².